The summed E-state index contributed by atoms with van der Waals surface area (Å²) in [6.45, 7) is 4.66. The molecule has 5 aromatic rings. The van der Waals surface area contributed by atoms with Crippen LogP contribution in [-0.2, 0) is 23.9 Å². The van der Waals surface area contributed by atoms with Gasteiger partial charge in [0.25, 0.3) is 0 Å². The van der Waals surface area contributed by atoms with Crippen LogP contribution in [0, 0.1) is 0 Å². The summed E-state index contributed by atoms with van der Waals surface area (Å²) in [7, 11) is -1.72. The van der Waals surface area contributed by atoms with E-state index >= 15 is 0 Å². The molecule has 12 heteroatoms. The second-order valence-electron chi connectivity index (χ2n) is 15.3. The molecule has 0 unspecified atom stereocenters. The highest BCUT2D eigenvalue weighted by Gasteiger charge is 2.44. The second-order valence-corrected chi connectivity index (χ2v) is 19.8. The van der Waals surface area contributed by atoms with Gasteiger partial charge in [0.15, 0.2) is 0 Å². The molecule has 0 atom stereocenters. The van der Waals surface area contributed by atoms with Crippen molar-refractivity contribution in [3.63, 3.8) is 0 Å². The molecule has 0 radical (unpaired) electrons. The highest BCUT2D eigenvalue weighted by Crippen LogP contribution is 2.56. The molecule has 66 heavy (non-hydrogen) atoms. The van der Waals surface area contributed by atoms with Crippen molar-refractivity contribution in [1.29, 1.82) is 0 Å². The number of halogens is 2. The third-order valence-electron chi connectivity index (χ3n) is 10.6. The lowest BCUT2D eigenvalue weighted by molar-refractivity contribution is -0.144. The Morgan fingerprint density at radius 2 is 0.970 bits per heavy atom. The third-order valence-corrected chi connectivity index (χ3v) is 15.6. The standard InChI is InChI=1S/C27H32O2P.C18H21N3O2.C9H17BrO2.BrH/c1-2-29-27(28)22-14-3-4-15-23-30(24-16-8-5-9-17-24,25-18-10-6-11-19-25)26-20-12-7-13-21-26;22-18(21-23)12-4-2-1-3-9-15(16-10-5-7-13-19-16)17-11-6-8-14-20-17;1-2-12-9(11)7-5-3-4-6-8-10;/h5-13,16-21H,2-4,14-15,22-23H2,1H3;5-11,13-14,23H,1-4,12H2,(H,21,22);2-8H2,1H3;1H/q+1;;;/p-1. The number of benzene rings is 3. The van der Waals surface area contributed by atoms with E-state index in [1.54, 1.807) is 17.9 Å². The molecule has 1 amide bonds. The molecule has 2 N–H and O–H groups in total. The van der Waals surface area contributed by atoms with Gasteiger partial charge in [-0.15, -0.1) is 0 Å². The number of amides is 1. The fourth-order valence-electron chi connectivity index (χ4n) is 7.33. The molecular formula is C54H70Br2N3O6P. The van der Waals surface area contributed by atoms with Crippen LogP contribution in [0.3, 0.4) is 0 Å². The fourth-order valence-corrected chi connectivity index (χ4v) is 12.1. The number of nitrogens with zero attached hydrogens (tertiary/aromatic N) is 2. The number of rotatable bonds is 26. The number of hydroxylamine groups is 1. The van der Waals surface area contributed by atoms with Gasteiger partial charge in [0.1, 0.15) is 23.2 Å². The molecule has 0 spiro atoms. The van der Waals surface area contributed by atoms with Gasteiger partial charge in [-0.25, -0.2) is 5.48 Å². The minimum absolute atomic E-state index is 0. The zero-order chi connectivity index (χ0) is 46.6. The first-order valence-corrected chi connectivity index (χ1v) is 26.4. The first-order chi connectivity index (χ1) is 31.9. The summed E-state index contributed by atoms with van der Waals surface area (Å²) < 4.78 is 9.84. The van der Waals surface area contributed by atoms with Gasteiger partial charge in [0.05, 0.1) is 30.8 Å². The SMILES string of the molecule is CCOC(=O)CCCCCCBr.CCOC(=O)CCCCCC[P+](c1ccccc1)(c1ccccc1)c1ccccc1.O=C(CCCCCC=C(c1ccccn1)c1ccccn1)NO.[Br-]. The number of unbranched alkanes of at least 4 members (excludes halogenated alkanes) is 9. The molecule has 0 aliphatic carbocycles. The molecule has 9 nitrogen and oxygen atoms in total. The molecule has 0 fully saturated rings. The van der Waals surface area contributed by atoms with Crippen LogP contribution < -0.4 is 38.4 Å². The van der Waals surface area contributed by atoms with Crippen molar-refractivity contribution in [1.82, 2.24) is 15.4 Å². The van der Waals surface area contributed by atoms with Crippen molar-refractivity contribution in [2.45, 2.75) is 110 Å². The van der Waals surface area contributed by atoms with E-state index in [1.165, 1.54) is 28.8 Å². The number of nitrogens with one attached hydrogen (secondary N) is 1. The Balaban J connectivity index is 0.000000369. The van der Waals surface area contributed by atoms with Crippen molar-refractivity contribution < 1.29 is 46.0 Å². The molecule has 0 bridgehead atoms. The van der Waals surface area contributed by atoms with E-state index in [9.17, 15) is 14.4 Å². The number of aromatic nitrogens is 2. The summed E-state index contributed by atoms with van der Waals surface area (Å²) in [6.07, 6.45) is 20.6. The topological polar surface area (TPSA) is 128 Å². The van der Waals surface area contributed by atoms with Crippen LogP contribution in [0.1, 0.15) is 122 Å². The molecule has 0 saturated heterocycles. The molecule has 0 saturated carbocycles. The summed E-state index contributed by atoms with van der Waals surface area (Å²) >= 11 is 3.36. The van der Waals surface area contributed by atoms with Gasteiger partial charge in [0.2, 0.25) is 5.91 Å². The van der Waals surface area contributed by atoms with Crippen molar-refractivity contribution in [3.05, 3.63) is 157 Å². The quantitative estimate of drug-likeness (QED) is 0.0141. The number of ether oxygens (including phenoxy) is 2. The second kappa shape index (κ2) is 36.6. The molecule has 2 aromatic heterocycles. The van der Waals surface area contributed by atoms with Crippen LogP contribution in [0.5, 0.6) is 0 Å². The minimum atomic E-state index is -1.72. The molecule has 5 rings (SSSR count). The van der Waals surface area contributed by atoms with Gasteiger partial charge in [-0.05, 0) is 126 Å². The van der Waals surface area contributed by atoms with Gasteiger partial charge in [0, 0.05) is 42.6 Å². The maximum atomic E-state index is 11.6. The van der Waals surface area contributed by atoms with Crippen LogP contribution in [-0.4, -0.2) is 57.7 Å². The maximum absolute atomic E-state index is 11.6. The van der Waals surface area contributed by atoms with Gasteiger partial charge < -0.3 is 26.5 Å². The summed E-state index contributed by atoms with van der Waals surface area (Å²) in [5.41, 5.74) is 4.49. The zero-order valence-electron chi connectivity index (χ0n) is 38.9. The van der Waals surface area contributed by atoms with E-state index in [1.807, 2.05) is 50.2 Å². The Hall–Kier alpha value is -4.54. The zero-order valence-corrected chi connectivity index (χ0v) is 42.9. The minimum Gasteiger partial charge on any atom is -1.00 e. The highest BCUT2D eigenvalue weighted by molar-refractivity contribution is 9.09. The van der Waals surface area contributed by atoms with Crippen molar-refractivity contribution in [2.75, 3.05) is 24.7 Å². The van der Waals surface area contributed by atoms with Gasteiger partial charge >= 0.3 is 11.9 Å². The number of pyridine rings is 2. The summed E-state index contributed by atoms with van der Waals surface area (Å²) in [6, 6.07) is 44.8. The van der Waals surface area contributed by atoms with E-state index in [4.69, 9.17) is 14.7 Å². The monoisotopic (exact) mass is 1050 g/mol. The summed E-state index contributed by atoms with van der Waals surface area (Å²) in [4.78, 5) is 42.2. The number of esters is 2. The predicted molar refractivity (Wildman–Crippen MR) is 272 cm³/mol. The van der Waals surface area contributed by atoms with Crippen molar-refractivity contribution >= 4 is 62.5 Å². The first kappa shape index (κ1) is 57.6. The van der Waals surface area contributed by atoms with Crippen LogP contribution in [0.25, 0.3) is 5.57 Å². The first-order valence-electron chi connectivity index (χ1n) is 23.3. The Morgan fingerprint density at radius 3 is 1.38 bits per heavy atom. The van der Waals surface area contributed by atoms with E-state index in [0.717, 1.165) is 92.7 Å². The van der Waals surface area contributed by atoms with E-state index < -0.39 is 7.26 Å². The highest BCUT2D eigenvalue weighted by atomic mass is 79.9. The lowest BCUT2D eigenvalue weighted by atomic mass is 10.0. The largest absolute Gasteiger partial charge is 1.00 e. The molecule has 356 valence electrons. The number of hydrogen-bond donors (Lipinski definition) is 2. The van der Waals surface area contributed by atoms with Gasteiger partial charge in [-0.3, -0.25) is 29.6 Å². The average Bonchev–Trinajstić information content (AvgIpc) is 3.35. The van der Waals surface area contributed by atoms with Crippen LogP contribution in [0.15, 0.2) is 146 Å². The normalized spacial score (nSPS) is 10.4. The van der Waals surface area contributed by atoms with Crippen molar-refractivity contribution in [3.8, 4) is 0 Å². The third kappa shape index (κ3) is 22.3. The summed E-state index contributed by atoms with van der Waals surface area (Å²) in [5, 5.41) is 13.8. The number of allylic oxidation sites excluding steroid dienone is 1. The number of hydrogen-bond acceptors (Lipinski definition) is 8. The Labute approximate surface area is 413 Å². The average molecular weight is 1050 g/mol. The smallest absolute Gasteiger partial charge is 0.305 e. The number of carbonyl (C=O) groups is 3. The Morgan fingerprint density at radius 1 is 0.561 bits per heavy atom. The van der Waals surface area contributed by atoms with E-state index in [2.05, 4.69) is 123 Å². The molecule has 2 heterocycles. The van der Waals surface area contributed by atoms with Crippen molar-refractivity contribution in [2.24, 2.45) is 0 Å². The lowest BCUT2D eigenvalue weighted by Crippen LogP contribution is -3.00. The van der Waals surface area contributed by atoms with Crippen LogP contribution in [0.2, 0.25) is 0 Å². The van der Waals surface area contributed by atoms with Crippen LogP contribution in [0.4, 0.5) is 0 Å². The molecule has 3 aromatic carbocycles. The molecule has 0 aliphatic rings. The Kier molecular flexibility index (Phi) is 31.9. The fraction of sp³-hybridized carbons (Fsp3) is 0.389. The summed E-state index contributed by atoms with van der Waals surface area (Å²) in [5.74, 6) is -0.461. The maximum Gasteiger partial charge on any atom is 0.305 e. The number of alkyl halides is 1. The lowest BCUT2D eigenvalue weighted by Gasteiger charge is -2.27. The van der Waals surface area contributed by atoms with E-state index in [0.29, 0.717) is 32.5 Å². The van der Waals surface area contributed by atoms with E-state index in [-0.39, 0.29) is 34.8 Å². The molecular weight excluding hydrogens is 977 g/mol. The van der Waals surface area contributed by atoms with Gasteiger partial charge in [-0.1, -0.05) is 114 Å². The Bertz CT molecular complexity index is 1890. The molecule has 0 aliphatic heterocycles. The van der Waals surface area contributed by atoms with Gasteiger partial charge in [-0.2, -0.15) is 0 Å². The number of carbonyl (C=O) groups excluding carboxylic acids is 3. The van der Waals surface area contributed by atoms with Crippen LogP contribution >= 0.6 is 23.2 Å². The predicted octanol–water partition coefficient (Wildman–Crippen LogP) is 8.76.